The molecule has 0 N–H and O–H groups in total. The molecule has 0 aliphatic carbocycles. The Hall–Kier alpha value is -7.21. The molecular formula is C51H31N3OS. The zero-order chi connectivity index (χ0) is 37.0. The zero-order valence-electron chi connectivity index (χ0n) is 30.1. The highest BCUT2D eigenvalue weighted by Crippen LogP contribution is 2.46. The van der Waals surface area contributed by atoms with Crippen LogP contribution >= 0.6 is 11.3 Å². The molecule has 262 valence electrons. The zero-order valence-corrected chi connectivity index (χ0v) is 30.9. The molecule has 5 heteroatoms. The average Bonchev–Trinajstić information content (AvgIpc) is 3.86. The van der Waals surface area contributed by atoms with Crippen molar-refractivity contribution in [1.82, 2.24) is 15.0 Å². The minimum atomic E-state index is 0.618. The molecule has 11 rings (SSSR count). The summed E-state index contributed by atoms with van der Waals surface area (Å²) in [5.74, 6) is 1.88. The molecule has 56 heavy (non-hydrogen) atoms. The Kier molecular flexibility index (Phi) is 7.64. The maximum atomic E-state index is 6.73. The van der Waals surface area contributed by atoms with E-state index in [1.54, 1.807) is 0 Å². The Morgan fingerprint density at radius 1 is 0.321 bits per heavy atom. The van der Waals surface area contributed by atoms with E-state index in [4.69, 9.17) is 19.4 Å². The molecule has 0 unspecified atom stereocenters. The van der Waals surface area contributed by atoms with Crippen LogP contribution in [0.4, 0.5) is 0 Å². The lowest BCUT2D eigenvalue weighted by Gasteiger charge is -2.11. The van der Waals surface area contributed by atoms with Gasteiger partial charge in [0.15, 0.2) is 17.5 Å². The van der Waals surface area contributed by atoms with Crippen molar-refractivity contribution in [2.45, 2.75) is 0 Å². The summed E-state index contributed by atoms with van der Waals surface area (Å²) in [6.07, 6.45) is 0. The van der Waals surface area contributed by atoms with Crippen LogP contribution in [-0.4, -0.2) is 15.0 Å². The molecule has 0 aliphatic heterocycles. The fourth-order valence-corrected chi connectivity index (χ4v) is 9.00. The molecular weight excluding hydrogens is 703 g/mol. The molecule has 3 aromatic heterocycles. The molecule has 0 aliphatic rings. The largest absolute Gasteiger partial charge is 0.455 e. The van der Waals surface area contributed by atoms with Gasteiger partial charge in [0.25, 0.3) is 0 Å². The first-order valence-corrected chi connectivity index (χ1v) is 19.5. The monoisotopic (exact) mass is 733 g/mol. The van der Waals surface area contributed by atoms with Crippen molar-refractivity contribution in [2.75, 3.05) is 0 Å². The maximum Gasteiger partial charge on any atom is 0.164 e. The van der Waals surface area contributed by atoms with Crippen LogP contribution < -0.4 is 0 Å². The van der Waals surface area contributed by atoms with Gasteiger partial charge in [-0.25, -0.2) is 15.0 Å². The van der Waals surface area contributed by atoms with Gasteiger partial charge in [-0.3, -0.25) is 0 Å². The summed E-state index contributed by atoms with van der Waals surface area (Å²) in [7, 11) is 0. The van der Waals surface area contributed by atoms with Crippen LogP contribution in [0.15, 0.2) is 192 Å². The average molecular weight is 734 g/mol. The summed E-state index contributed by atoms with van der Waals surface area (Å²) in [5.41, 5.74) is 11.3. The van der Waals surface area contributed by atoms with Crippen LogP contribution in [-0.2, 0) is 0 Å². The van der Waals surface area contributed by atoms with Crippen LogP contribution in [0.25, 0.3) is 110 Å². The molecule has 0 bridgehead atoms. The molecule has 0 spiro atoms. The van der Waals surface area contributed by atoms with E-state index in [0.29, 0.717) is 17.5 Å². The van der Waals surface area contributed by atoms with Crippen LogP contribution in [0, 0.1) is 0 Å². The van der Waals surface area contributed by atoms with E-state index in [1.807, 2.05) is 53.8 Å². The smallest absolute Gasteiger partial charge is 0.164 e. The Balaban J connectivity index is 1.02. The molecule has 0 atom stereocenters. The topological polar surface area (TPSA) is 51.8 Å². The molecule has 8 aromatic carbocycles. The number of hydrogen-bond donors (Lipinski definition) is 0. The second-order valence-corrected chi connectivity index (χ2v) is 15.0. The van der Waals surface area contributed by atoms with E-state index in [1.165, 1.54) is 36.9 Å². The standard InChI is InChI=1S/C51H31N3OS/c1-3-12-32(13-4-1)33-22-26-36(27-23-33)50-52-49(35-14-5-2-6-15-35)53-51(54-50)37-28-24-34(25-29-37)38-30-31-40(47-41-16-7-9-19-43(41)55-48(38)47)39-18-11-21-45-46(39)42-17-8-10-20-44(42)56-45/h1-31H. The van der Waals surface area contributed by atoms with Gasteiger partial charge < -0.3 is 4.42 Å². The molecule has 0 amide bonds. The summed E-state index contributed by atoms with van der Waals surface area (Å²) in [4.78, 5) is 15.0. The molecule has 0 saturated heterocycles. The molecule has 0 radical (unpaired) electrons. The Morgan fingerprint density at radius 3 is 1.50 bits per heavy atom. The molecule has 11 aromatic rings. The van der Waals surface area contributed by atoms with Crippen LogP contribution in [0.3, 0.4) is 0 Å². The van der Waals surface area contributed by atoms with Gasteiger partial charge >= 0.3 is 0 Å². The predicted octanol–water partition coefficient (Wildman–Crippen LogP) is 14.1. The number of furan rings is 1. The van der Waals surface area contributed by atoms with E-state index >= 15 is 0 Å². The van der Waals surface area contributed by atoms with Crippen molar-refractivity contribution in [3.8, 4) is 67.5 Å². The van der Waals surface area contributed by atoms with E-state index in [9.17, 15) is 0 Å². The van der Waals surface area contributed by atoms with Gasteiger partial charge in [-0.15, -0.1) is 11.3 Å². The van der Waals surface area contributed by atoms with Gasteiger partial charge in [0.05, 0.1) is 0 Å². The van der Waals surface area contributed by atoms with Crippen LogP contribution in [0.5, 0.6) is 0 Å². The highest BCUT2D eigenvalue weighted by Gasteiger charge is 2.20. The first-order valence-electron chi connectivity index (χ1n) is 18.7. The van der Waals surface area contributed by atoms with E-state index < -0.39 is 0 Å². The lowest BCUT2D eigenvalue weighted by atomic mass is 9.92. The highest BCUT2D eigenvalue weighted by molar-refractivity contribution is 7.25. The number of benzene rings is 8. The maximum absolute atomic E-state index is 6.73. The SMILES string of the molecule is c1ccc(-c2ccc(-c3nc(-c4ccccc4)nc(-c4ccc(-c5ccc(-c6cccc7sc8ccccc8c67)c6c5oc5ccccc56)cc4)n3)cc2)cc1. The number of aromatic nitrogens is 3. The van der Waals surface area contributed by atoms with Crippen molar-refractivity contribution in [3.63, 3.8) is 0 Å². The third-order valence-corrected chi connectivity index (χ3v) is 11.7. The van der Waals surface area contributed by atoms with Gasteiger partial charge in [-0.05, 0) is 52.1 Å². The molecule has 0 saturated carbocycles. The number of fused-ring (bicyclic) bond motifs is 6. The quantitative estimate of drug-likeness (QED) is 0.171. The summed E-state index contributed by atoms with van der Waals surface area (Å²) in [6.45, 7) is 0. The lowest BCUT2D eigenvalue weighted by Crippen LogP contribution is -2.00. The lowest BCUT2D eigenvalue weighted by molar-refractivity contribution is 0.670. The normalized spacial score (nSPS) is 11.6. The number of rotatable bonds is 6. The first-order chi connectivity index (χ1) is 27.7. The Morgan fingerprint density at radius 2 is 0.804 bits per heavy atom. The summed E-state index contributed by atoms with van der Waals surface area (Å²) >= 11 is 1.84. The summed E-state index contributed by atoms with van der Waals surface area (Å²) < 4.78 is 9.31. The number of para-hydroxylation sites is 1. The minimum absolute atomic E-state index is 0.618. The molecule has 0 fully saturated rings. The van der Waals surface area contributed by atoms with Crippen molar-refractivity contribution >= 4 is 53.4 Å². The van der Waals surface area contributed by atoms with Gasteiger partial charge in [-0.2, -0.15) is 0 Å². The van der Waals surface area contributed by atoms with Crippen LogP contribution in [0.2, 0.25) is 0 Å². The van der Waals surface area contributed by atoms with E-state index in [0.717, 1.165) is 55.3 Å². The summed E-state index contributed by atoms with van der Waals surface area (Å²) in [6, 6.07) is 65.5. The van der Waals surface area contributed by atoms with E-state index in [2.05, 4.69) is 146 Å². The van der Waals surface area contributed by atoms with Gasteiger partial charge in [-0.1, -0.05) is 164 Å². The number of thiophene rings is 1. The third-order valence-electron chi connectivity index (χ3n) is 10.6. The predicted molar refractivity (Wildman–Crippen MR) is 233 cm³/mol. The molecule has 3 heterocycles. The molecule has 4 nitrogen and oxygen atoms in total. The number of nitrogens with zero attached hydrogens (tertiary/aromatic N) is 3. The van der Waals surface area contributed by atoms with Gasteiger partial charge in [0.1, 0.15) is 11.2 Å². The number of hydrogen-bond acceptors (Lipinski definition) is 5. The van der Waals surface area contributed by atoms with Crippen molar-refractivity contribution in [3.05, 3.63) is 188 Å². The summed E-state index contributed by atoms with van der Waals surface area (Å²) in [5, 5.41) is 4.80. The second-order valence-electron chi connectivity index (χ2n) is 13.9. The van der Waals surface area contributed by atoms with Crippen molar-refractivity contribution in [2.24, 2.45) is 0 Å². The first kappa shape index (κ1) is 32.2. The van der Waals surface area contributed by atoms with E-state index in [-0.39, 0.29) is 0 Å². The minimum Gasteiger partial charge on any atom is -0.455 e. The fourth-order valence-electron chi connectivity index (χ4n) is 7.87. The third kappa shape index (κ3) is 5.48. The fraction of sp³-hybridized carbons (Fsp3) is 0. The second kappa shape index (κ2) is 13.3. The van der Waals surface area contributed by atoms with Crippen LogP contribution in [0.1, 0.15) is 0 Å². The van der Waals surface area contributed by atoms with Gasteiger partial charge in [0.2, 0.25) is 0 Å². The highest BCUT2D eigenvalue weighted by atomic mass is 32.1. The van der Waals surface area contributed by atoms with Crippen molar-refractivity contribution < 1.29 is 4.42 Å². The Bertz CT molecular complexity index is 3220. The van der Waals surface area contributed by atoms with Gasteiger partial charge in [0, 0.05) is 53.2 Å². The Labute approximate surface area is 327 Å². The van der Waals surface area contributed by atoms with Crippen molar-refractivity contribution in [1.29, 1.82) is 0 Å².